The average Bonchev–Trinajstić information content (AvgIpc) is 2.97. The maximum Gasteiger partial charge on any atom is 0.494 e. The lowest BCUT2D eigenvalue weighted by Gasteiger charge is -2.38. The quantitative estimate of drug-likeness (QED) is 0.303. The van der Waals surface area contributed by atoms with Crippen molar-refractivity contribution in [2.45, 2.75) is 77.0 Å². The second kappa shape index (κ2) is 10.2. The topological polar surface area (TPSA) is 118 Å². The number of hydrogen-bond acceptors (Lipinski definition) is 7. The van der Waals surface area contributed by atoms with Crippen LogP contribution in [-0.4, -0.2) is 87.3 Å². The van der Waals surface area contributed by atoms with E-state index in [0.717, 1.165) is 15.2 Å². The second-order valence-electron chi connectivity index (χ2n) is 12.3. The highest BCUT2D eigenvalue weighted by Gasteiger charge is 2.52. The fraction of sp³-hybridized carbons (Fsp3) is 0.667. The van der Waals surface area contributed by atoms with Crippen LogP contribution in [0.5, 0.6) is 0 Å². The number of guanidine groups is 1. The predicted octanol–water partition coefficient (Wildman–Crippen LogP) is 3.26. The molecule has 1 saturated heterocycles. The monoisotopic (exact) mass is 571 g/mol. The first-order chi connectivity index (χ1) is 17.2. The molecule has 10 nitrogen and oxygen atoms in total. The Morgan fingerprint density at radius 1 is 1.21 bits per heavy atom. The Hall–Kier alpha value is -2.00. The zero-order valence-corrected chi connectivity index (χ0v) is 25.5. The maximum absolute atomic E-state index is 15.3. The first-order valence-electron chi connectivity index (χ1n) is 12.5. The number of carbonyl (C=O) groups is 1. The largest absolute Gasteiger partial charge is 0.494 e. The van der Waals surface area contributed by atoms with Crippen LogP contribution in [0.25, 0.3) is 0 Å². The molecule has 0 aromatic heterocycles. The van der Waals surface area contributed by atoms with Gasteiger partial charge in [-0.2, -0.15) is 0 Å². The molecule has 0 spiro atoms. The minimum Gasteiger partial charge on any atom is -0.465 e. The van der Waals surface area contributed by atoms with Crippen molar-refractivity contribution in [2.24, 2.45) is 4.99 Å². The molecular formula is C24H39BFN3O7SSi. The van der Waals surface area contributed by atoms with Gasteiger partial charge in [-0.05, 0) is 52.2 Å². The van der Waals surface area contributed by atoms with E-state index in [1.165, 1.54) is 32.2 Å². The van der Waals surface area contributed by atoms with Crippen molar-refractivity contribution in [3.05, 3.63) is 29.6 Å². The molecule has 2 heterocycles. The standard InChI is InChI=1S/C24H39BFN3O7SSi/c1-22(2)23(3,4)36-25(35-22)17-10-11-19(26)18(14-17)24(5)15-37(32,33)28(6)20(27-24)29(21(30)31)16-34-12-13-38(7,8)9/h10-11,14H,12-13,15-16H2,1-9H3,(H,30,31). The van der Waals surface area contributed by atoms with E-state index in [4.69, 9.17) is 14.0 Å². The van der Waals surface area contributed by atoms with Gasteiger partial charge in [-0.25, -0.2) is 31.8 Å². The molecule has 0 aliphatic carbocycles. The number of benzene rings is 1. The van der Waals surface area contributed by atoms with Crippen LogP contribution in [0.15, 0.2) is 23.2 Å². The molecule has 38 heavy (non-hydrogen) atoms. The minimum atomic E-state index is -4.06. The molecular weight excluding hydrogens is 532 g/mol. The van der Waals surface area contributed by atoms with E-state index >= 15 is 4.39 Å². The second-order valence-corrected chi connectivity index (χ2v) is 19.9. The molecule has 2 aliphatic rings. The van der Waals surface area contributed by atoms with E-state index in [9.17, 15) is 18.3 Å². The van der Waals surface area contributed by atoms with Crippen LogP contribution in [0.2, 0.25) is 25.7 Å². The summed E-state index contributed by atoms with van der Waals surface area (Å²) in [5.74, 6) is -1.60. The van der Waals surface area contributed by atoms with Crippen LogP contribution < -0.4 is 5.46 Å². The summed E-state index contributed by atoms with van der Waals surface area (Å²) in [6.45, 7) is 15.4. The highest BCUT2D eigenvalue weighted by atomic mass is 32.2. The molecule has 0 radical (unpaired) electrons. The summed E-state index contributed by atoms with van der Waals surface area (Å²) in [5.41, 5.74) is -2.40. The summed E-state index contributed by atoms with van der Waals surface area (Å²) in [6, 6.07) is 5.02. The molecule has 3 rings (SSSR count). The molecule has 1 fully saturated rings. The minimum absolute atomic E-state index is 0.0103. The zero-order chi connectivity index (χ0) is 28.9. The lowest BCUT2D eigenvalue weighted by molar-refractivity contribution is 0.00578. The Morgan fingerprint density at radius 3 is 2.32 bits per heavy atom. The van der Waals surface area contributed by atoms with Gasteiger partial charge in [0.05, 0.1) is 17.0 Å². The average molecular weight is 572 g/mol. The van der Waals surface area contributed by atoms with Gasteiger partial charge in [-0.15, -0.1) is 0 Å². The van der Waals surface area contributed by atoms with Crippen molar-refractivity contribution in [1.29, 1.82) is 0 Å². The molecule has 1 unspecified atom stereocenters. The first-order valence-corrected chi connectivity index (χ1v) is 17.8. The number of rotatable bonds is 7. The number of sulfonamides is 1. The van der Waals surface area contributed by atoms with Crippen molar-refractivity contribution < 1.29 is 36.8 Å². The highest BCUT2D eigenvalue weighted by Crippen LogP contribution is 2.38. The van der Waals surface area contributed by atoms with E-state index in [1.54, 1.807) is 0 Å². The lowest BCUT2D eigenvalue weighted by atomic mass is 9.76. The maximum atomic E-state index is 15.3. The number of amides is 1. The molecule has 212 valence electrons. The van der Waals surface area contributed by atoms with Crippen LogP contribution in [0.4, 0.5) is 9.18 Å². The number of aliphatic imine (C=N–C) groups is 1. The number of ether oxygens (including phenoxy) is 1. The van der Waals surface area contributed by atoms with Crippen molar-refractivity contribution >= 4 is 42.7 Å². The van der Waals surface area contributed by atoms with Gasteiger partial charge < -0.3 is 19.2 Å². The molecule has 1 aromatic carbocycles. The molecule has 2 aliphatic heterocycles. The summed E-state index contributed by atoms with van der Waals surface area (Å²) < 4.78 is 60.3. The Morgan fingerprint density at radius 2 is 1.79 bits per heavy atom. The van der Waals surface area contributed by atoms with Crippen LogP contribution in [0, 0.1) is 5.82 Å². The Balaban J connectivity index is 2.01. The normalized spacial score (nSPS) is 24.3. The van der Waals surface area contributed by atoms with Crippen molar-refractivity contribution in [1.82, 2.24) is 9.21 Å². The third-order valence-corrected chi connectivity index (χ3v) is 10.9. The number of hydrogen-bond donors (Lipinski definition) is 1. The van der Waals surface area contributed by atoms with Gasteiger partial charge in [0.15, 0.2) is 0 Å². The van der Waals surface area contributed by atoms with E-state index in [1.807, 2.05) is 27.7 Å². The van der Waals surface area contributed by atoms with Gasteiger partial charge >= 0.3 is 13.2 Å². The van der Waals surface area contributed by atoms with E-state index in [0.29, 0.717) is 12.1 Å². The predicted molar refractivity (Wildman–Crippen MR) is 147 cm³/mol. The van der Waals surface area contributed by atoms with Crippen LogP contribution >= 0.6 is 0 Å². The molecule has 1 atom stereocenters. The van der Waals surface area contributed by atoms with Gasteiger partial charge in [-0.3, -0.25) is 0 Å². The van der Waals surface area contributed by atoms with Crippen LogP contribution in [-0.2, 0) is 29.6 Å². The van der Waals surface area contributed by atoms with Crippen LogP contribution in [0.1, 0.15) is 40.2 Å². The highest BCUT2D eigenvalue weighted by molar-refractivity contribution is 7.89. The van der Waals surface area contributed by atoms with Gasteiger partial charge in [0.2, 0.25) is 16.0 Å². The third kappa shape index (κ3) is 6.25. The SMILES string of the molecule is CN1C(N(COCC[Si](C)(C)C)C(=O)O)=NC(C)(c2cc(B3OC(C)(C)C(C)(C)O3)ccc2F)CS1(=O)=O. The fourth-order valence-corrected chi connectivity index (χ4v) is 6.35. The zero-order valence-electron chi connectivity index (χ0n) is 23.7. The molecule has 14 heteroatoms. The lowest BCUT2D eigenvalue weighted by Crippen LogP contribution is -2.55. The molecule has 0 saturated carbocycles. The Bertz CT molecular complexity index is 1210. The van der Waals surface area contributed by atoms with Crippen molar-refractivity contribution in [3.63, 3.8) is 0 Å². The number of carboxylic acid groups (broad SMARTS) is 1. The van der Waals surface area contributed by atoms with E-state index in [2.05, 4.69) is 24.6 Å². The van der Waals surface area contributed by atoms with E-state index < -0.39 is 66.4 Å². The summed E-state index contributed by atoms with van der Waals surface area (Å²) in [6.07, 6.45) is -1.44. The molecule has 0 bridgehead atoms. The van der Waals surface area contributed by atoms with Gasteiger partial charge in [0.25, 0.3) is 0 Å². The summed E-state index contributed by atoms with van der Waals surface area (Å²) in [5, 5.41) is 9.90. The first kappa shape index (κ1) is 30.5. The van der Waals surface area contributed by atoms with Crippen molar-refractivity contribution in [3.8, 4) is 0 Å². The van der Waals surface area contributed by atoms with Gasteiger partial charge in [0, 0.05) is 27.3 Å². The third-order valence-electron chi connectivity index (χ3n) is 7.29. The number of nitrogens with zero attached hydrogens (tertiary/aromatic N) is 3. The number of halogens is 1. The van der Waals surface area contributed by atoms with Gasteiger partial charge in [0.1, 0.15) is 18.1 Å². The van der Waals surface area contributed by atoms with Crippen molar-refractivity contribution in [2.75, 3.05) is 26.1 Å². The Kier molecular flexibility index (Phi) is 8.19. The summed E-state index contributed by atoms with van der Waals surface area (Å²) >= 11 is 0. The Labute approximate surface area is 226 Å². The van der Waals surface area contributed by atoms with Gasteiger partial charge in [-0.1, -0.05) is 31.8 Å². The summed E-state index contributed by atoms with van der Waals surface area (Å²) in [4.78, 5) is 17.4. The van der Waals surface area contributed by atoms with Crippen LogP contribution in [0.3, 0.4) is 0 Å². The molecule has 1 N–H and O–H groups in total. The fourth-order valence-electron chi connectivity index (χ4n) is 4.08. The summed E-state index contributed by atoms with van der Waals surface area (Å²) in [7, 11) is -5.07. The molecule has 1 aromatic rings. The van der Waals surface area contributed by atoms with E-state index in [-0.39, 0.29) is 11.5 Å². The molecule has 1 amide bonds. The smallest absolute Gasteiger partial charge is 0.465 e.